The van der Waals surface area contributed by atoms with Crippen LogP contribution in [0.25, 0.3) is 23.0 Å². The molecular formula is C15H11N6NaO. The first kappa shape index (κ1) is 14.5. The second-order valence-electron chi connectivity index (χ2n) is 5.27. The molecule has 0 fully saturated rings. The molecule has 0 bridgehead atoms. The quantitative estimate of drug-likeness (QED) is 0.367. The molecule has 0 radical (unpaired) electrons. The van der Waals surface area contributed by atoms with Crippen LogP contribution in [0.15, 0.2) is 41.4 Å². The third-order valence-corrected chi connectivity index (χ3v) is 4.06. The van der Waals surface area contributed by atoms with Gasteiger partial charge in [0.15, 0.2) is 12.0 Å². The van der Waals surface area contributed by atoms with Crippen molar-refractivity contribution in [3.05, 3.63) is 54.0 Å². The third kappa shape index (κ3) is 1.97. The molecule has 0 amide bonds. The molecule has 4 aromatic rings. The van der Waals surface area contributed by atoms with Crippen molar-refractivity contribution in [1.82, 2.24) is 29.5 Å². The molecule has 0 saturated heterocycles. The van der Waals surface area contributed by atoms with Gasteiger partial charge in [-0.05, 0) is 17.8 Å². The van der Waals surface area contributed by atoms with Gasteiger partial charge in [-0.2, -0.15) is 4.98 Å². The molecule has 1 aromatic carbocycles. The van der Waals surface area contributed by atoms with Crippen LogP contribution in [0, 0.1) is 6.92 Å². The van der Waals surface area contributed by atoms with Crippen LogP contribution in [-0.4, -0.2) is 24.4 Å². The summed E-state index contributed by atoms with van der Waals surface area (Å²) in [6, 6.07) is 8.15. The summed E-state index contributed by atoms with van der Waals surface area (Å²) in [6.07, 6.45) is 3.92. The number of aryl methyl sites for hydroxylation is 1. The van der Waals surface area contributed by atoms with E-state index in [2.05, 4.69) is 36.9 Å². The monoisotopic (exact) mass is 314 g/mol. The minimum atomic E-state index is 0. The molecule has 1 aliphatic heterocycles. The summed E-state index contributed by atoms with van der Waals surface area (Å²) in [6.45, 7) is 2.02. The molecule has 8 heteroatoms. The van der Waals surface area contributed by atoms with Crippen molar-refractivity contribution < 1.29 is 34.1 Å². The Bertz CT molecular complexity index is 978. The van der Waals surface area contributed by atoms with E-state index in [0.717, 1.165) is 34.9 Å². The van der Waals surface area contributed by atoms with E-state index in [4.69, 9.17) is 4.52 Å². The number of para-hydroxylation sites is 2. The number of imidazole rings is 1. The second-order valence-corrected chi connectivity index (χ2v) is 5.27. The summed E-state index contributed by atoms with van der Waals surface area (Å²) in [7, 11) is 0. The van der Waals surface area contributed by atoms with Crippen molar-refractivity contribution in [2.24, 2.45) is 0 Å². The maximum absolute atomic E-state index is 5.19. The van der Waals surface area contributed by atoms with Crippen molar-refractivity contribution in [3.63, 3.8) is 0 Å². The summed E-state index contributed by atoms with van der Waals surface area (Å²) in [4.78, 5) is 8.61. The number of aromatic nitrogens is 6. The molecule has 5 rings (SSSR count). The van der Waals surface area contributed by atoms with Crippen molar-refractivity contribution in [1.29, 1.82) is 0 Å². The first-order valence-electron chi connectivity index (χ1n) is 6.97. The number of hydrogen-bond acceptors (Lipinski definition) is 4. The number of nitrogens with zero attached hydrogens (tertiary/aromatic N) is 6. The van der Waals surface area contributed by atoms with Crippen molar-refractivity contribution in [3.8, 4) is 23.0 Å². The summed E-state index contributed by atoms with van der Waals surface area (Å²) >= 11 is 0. The van der Waals surface area contributed by atoms with E-state index in [9.17, 15) is 0 Å². The zero-order valence-corrected chi connectivity index (χ0v) is 14.8. The van der Waals surface area contributed by atoms with Crippen LogP contribution in [0.3, 0.4) is 0 Å². The van der Waals surface area contributed by atoms with Gasteiger partial charge in [0.05, 0.1) is 17.1 Å². The van der Waals surface area contributed by atoms with Gasteiger partial charge >= 0.3 is 29.6 Å². The van der Waals surface area contributed by atoms with Gasteiger partial charge in [0.25, 0.3) is 5.89 Å². The van der Waals surface area contributed by atoms with E-state index in [0.29, 0.717) is 5.89 Å². The molecule has 3 aromatic heterocycles. The minimum absolute atomic E-state index is 0. The van der Waals surface area contributed by atoms with E-state index in [1.165, 1.54) is 12.0 Å². The number of hydrogen-bond donors (Lipinski definition) is 0. The number of benzene rings is 1. The van der Waals surface area contributed by atoms with Gasteiger partial charge in [-0.3, -0.25) is 4.57 Å². The predicted octanol–water partition coefficient (Wildman–Crippen LogP) is -1.11. The first-order chi connectivity index (χ1) is 10.8. The summed E-state index contributed by atoms with van der Waals surface area (Å²) in [5.74, 6) is 0.439. The molecule has 4 heterocycles. The molecule has 0 atom stereocenters. The Labute approximate surface area is 153 Å². The van der Waals surface area contributed by atoms with Crippen molar-refractivity contribution >= 4 is 0 Å². The van der Waals surface area contributed by atoms with E-state index < -0.39 is 0 Å². The Morgan fingerprint density at radius 3 is 2.70 bits per heavy atom. The summed E-state index contributed by atoms with van der Waals surface area (Å²) in [5.41, 5.74) is 6.07. The first-order valence-corrected chi connectivity index (χ1v) is 6.97. The normalized spacial score (nSPS) is 12.0. The van der Waals surface area contributed by atoms with Gasteiger partial charge in [-0.1, -0.05) is 24.2 Å². The van der Waals surface area contributed by atoms with E-state index in [1.54, 1.807) is 6.33 Å². The van der Waals surface area contributed by atoms with Crippen LogP contribution >= 0.6 is 0 Å². The molecular weight excluding hydrogens is 303 g/mol. The maximum atomic E-state index is 5.19. The average molecular weight is 314 g/mol. The van der Waals surface area contributed by atoms with Gasteiger partial charge in [-0.25, -0.2) is 4.98 Å². The molecule has 0 saturated carbocycles. The van der Waals surface area contributed by atoms with Gasteiger partial charge < -0.3 is 14.3 Å². The van der Waals surface area contributed by atoms with Crippen LogP contribution in [-0.2, 0) is 6.42 Å². The SMILES string of the molecule is Cc1[n-]n2c1Cc1c(-c3ncno3)ncn1-c1ccccc1-2.[Na+]. The molecule has 1 aliphatic rings. The molecule has 7 nitrogen and oxygen atoms in total. The zero-order valence-electron chi connectivity index (χ0n) is 12.8. The Morgan fingerprint density at radius 2 is 1.96 bits per heavy atom. The smallest absolute Gasteiger partial charge is 0.592 e. The predicted molar refractivity (Wildman–Crippen MR) is 77.0 cm³/mol. The number of fused-ring (bicyclic) bond motifs is 5. The van der Waals surface area contributed by atoms with Gasteiger partial charge in [0.2, 0.25) is 0 Å². The molecule has 23 heavy (non-hydrogen) atoms. The maximum Gasteiger partial charge on any atom is 1.00 e. The summed E-state index contributed by atoms with van der Waals surface area (Å²) in [5, 5.41) is 8.21. The molecule has 0 spiro atoms. The fourth-order valence-corrected chi connectivity index (χ4v) is 2.99. The van der Waals surface area contributed by atoms with Crippen LogP contribution in [0.1, 0.15) is 17.1 Å². The van der Waals surface area contributed by atoms with Crippen LogP contribution in [0.2, 0.25) is 0 Å². The van der Waals surface area contributed by atoms with E-state index in [-0.39, 0.29) is 29.6 Å². The van der Waals surface area contributed by atoms with Gasteiger partial charge in [0.1, 0.15) is 6.33 Å². The molecule has 0 aliphatic carbocycles. The fraction of sp³-hybridized carbons (Fsp3) is 0.133. The zero-order chi connectivity index (χ0) is 14.7. The van der Waals surface area contributed by atoms with Crippen molar-refractivity contribution in [2.75, 3.05) is 0 Å². The van der Waals surface area contributed by atoms with Crippen LogP contribution < -0.4 is 34.7 Å². The Kier molecular flexibility index (Phi) is 3.29. The number of rotatable bonds is 1. The topological polar surface area (TPSA) is 75.8 Å². The fourth-order valence-electron chi connectivity index (χ4n) is 2.99. The molecule has 0 unspecified atom stereocenters. The van der Waals surface area contributed by atoms with Crippen LogP contribution in [0.4, 0.5) is 0 Å². The minimum Gasteiger partial charge on any atom is -0.592 e. The molecule has 108 valence electrons. The standard InChI is InChI=1S/C15H11N6O.Na/c1-9-12-6-13-14(15-16-7-18-22-15)17-8-20(13)10-4-2-3-5-11(10)21(12)19-9;/h2-5,7-8H,6H2,1H3;/q-1;+1. The largest absolute Gasteiger partial charge is 1.00 e. The Morgan fingerprint density at radius 1 is 1.13 bits per heavy atom. The Hall–Kier alpha value is -2.09. The van der Waals surface area contributed by atoms with E-state index >= 15 is 0 Å². The van der Waals surface area contributed by atoms with Gasteiger partial charge in [0, 0.05) is 6.42 Å². The van der Waals surface area contributed by atoms with E-state index in [1.807, 2.05) is 23.7 Å². The van der Waals surface area contributed by atoms with Crippen LogP contribution in [0.5, 0.6) is 0 Å². The molecule has 0 N–H and O–H groups in total. The third-order valence-electron chi connectivity index (χ3n) is 4.06. The van der Waals surface area contributed by atoms with Gasteiger partial charge in [-0.15, -0.1) is 5.69 Å². The average Bonchev–Trinajstić information content (AvgIpc) is 3.17. The second kappa shape index (κ2) is 5.23. The summed E-state index contributed by atoms with van der Waals surface area (Å²) < 4.78 is 9.26. The van der Waals surface area contributed by atoms with Crippen molar-refractivity contribution in [2.45, 2.75) is 13.3 Å². The Balaban J connectivity index is 0.00000135.